The van der Waals surface area contributed by atoms with Crippen LogP contribution >= 0.6 is 0 Å². The predicted molar refractivity (Wildman–Crippen MR) is 524 cm³/mol. The second kappa shape index (κ2) is 42.6. The fraction of sp³-hybridized carbons (Fsp3) is 0.439. The summed E-state index contributed by atoms with van der Waals surface area (Å²) in [4.78, 5) is 61.9. The van der Waals surface area contributed by atoms with Gasteiger partial charge in [0, 0.05) is 130 Å². The quantitative estimate of drug-likeness (QED) is 0.0171. The number of pyridine rings is 5. The summed E-state index contributed by atoms with van der Waals surface area (Å²) in [5, 5.41) is 46.2. The number of nitrogens with one attached hydrogen (secondary N) is 5. The summed E-state index contributed by atoms with van der Waals surface area (Å²) in [6, 6.07) is 31.6. The second-order valence-electron chi connectivity index (χ2n) is 37.2. The molecule has 0 amide bonds. The van der Waals surface area contributed by atoms with E-state index in [1.165, 1.54) is 97.6 Å². The van der Waals surface area contributed by atoms with Crippen molar-refractivity contribution in [3.63, 3.8) is 0 Å². The number of hydrogen-bond acceptors (Lipinski definition) is 20. The Kier molecular flexibility index (Phi) is 33.2. The number of aliphatic hydroxyl groups excluding tert-OH is 5. The number of aliphatic hydroxyl groups is 5. The lowest BCUT2D eigenvalue weighted by atomic mass is 10.0. The van der Waals surface area contributed by atoms with Crippen LogP contribution in [0, 0.1) is 98.3 Å². The molecule has 138 heavy (non-hydrogen) atoms. The number of hydrogen-bond donors (Lipinski definition) is 10. The number of anilines is 5. The van der Waals surface area contributed by atoms with E-state index in [9.17, 15) is 103 Å². The first-order valence-corrected chi connectivity index (χ1v) is 52.5. The lowest BCUT2D eigenvalue weighted by Gasteiger charge is -2.22. The molecule has 15 rings (SSSR count). The van der Waals surface area contributed by atoms with Gasteiger partial charge < -0.3 is 48.4 Å². The van der Waals surface area contributed by atoms with Gasteiger partial charge in [-0.15, -0.1) is 0 Å². The number of benzene rings is 5. The second-order valence-corrected chi connectivity index (χ2v) is 47.4. The molecule has 0 radical (unpaired) electrons. The SMILES string of the molecule is Cc1ccc(Cc2c(NS(=O)(=O)C3(CCO)CC3)cc(C)c(=O)n2C)c(F)c1.Cc1ccc(Cc2c(NS(=O)(=O)C3(C[C@@H](O)CO)CC3)cc(C)c(=O)n2C)c(F)c1.Cc1ccc(Cc2c(NS(=O)(=O)C3(C[C@H](O)CO)CC3)cc(C)c(=O)n2C)c(F)c1.Cc1ccc(Cc2c(NS(=O)(=O)C3CC3)cc(C)c(=O)n2C)c(F)c1.Cc1ccc(Cc2c(NS(=O)(=O)C3CC3)cc(C)c(=O)n2C)c(F)c1. The molecule has 5 aromatic carbocycles. The molecule has 0 bridgehead atoms. The van der Waals surface area contributed by atoms with Crippen LogP contribution in [0.15, 0.2) is 145 Å². The van der Waals surface area contributed by atoms with Gasteiger partial charge in [-0.25, -0.2) is 64.0 Å². The summed E-state index contributed by atoms with van der Waals surface area (Å²) in [6.07, 6.45) is 3.12. The minimum absolute atomic E-state index is 0.0300. The van der Waals surface area contributed by atoms with Crippen molar-refractivity contribution in [3.8, 4) is 0 Å². The molecule has 30 nitrogen and oxygen atoms in total. The van der Waals surface area contributed by atoms with Gasteiger partial charge in [0.2, 0.25) is 50.1 Å². The van der Waals surface area contributed by atoms with Crippen LogP contribution in [-0.2, 0) is 117 Å². The van der Waals surface area contributed by atoms with Gasteiger partial charge in [-0.1, -0.05) is 60.7 Å². The van der Waals surface area contributed by atoms with Crippen LogP contribution < -0.4 is 51.4 Å². The zero-order valence-electron chi connectivity index (χ0n) is 79.7. The van der Waals surface area contributed by atoms with E-state index >= 15 is 0 Å². The minimum Gasteiger partial charge on any atom is -0.396 e. The molecule has 5 aliphatic rings. The third-order valence-electron chi connectivity index (χ3n) is 25.9. The normalized spacial score (nSPS) is 15.5. The Labute approximate surface area is 800 Å². The molecule has 0 spiro atoms. The molecular formula is C98H121F5N10O20S5. The average Bonchev–Trinajstić information content (AvgIpc) is 1.59. The van der Waals surface area contributed by atoms with Crippen LogP contribution in [0.3, 0.4) is 0 Å². The van der Waals surface area contributed by atoms with E-state index in [0.717, 1.165) is 27.8 Å². The first-order chi connectivity index (χ1) is 64.5. The summed E-state index contributed by atoms with van der Waals surface area (Å²) in [5.74, 6) is -2.00. The molecule has 0 unspecified atom stereocenters. The van der Waals surface area contributed by atoms with E-state index in [1.54, 1.807) is 151 Å². The van der Waals surface area contributed by atoms with Crippen molar-refractivity contribution in [2.24, 2.45) is 35.2 Å². The Hall–Kier alpha value is -11.0. The van der Waals surface area contributed by atoms with Crippen molar-refractivity contribution in [1.82, 2.24) is 22.8 Å². The van der Waals surface area contributed by atoms with Gasteiger partial charge in [-0.05, 0) is 269 Å². The van der Waals surface area contributed by atoms with E-state index in [0.29, 0.717) is 160 Å². The minimum atomic E-state index is -3.92. The number of aryl methyl sites for hydroxylation is 10. The smallest absolute Gasteiger partial charge is 0.253 e. The maximum atomic E-state index is 14.4. The van der Waals surface area contributed by atoms with Gasteiger partial charge in [-0.2, -0.15) is 0 Å². The molecule has 0 aliphatic heterocycles. The van der Waals surface area contributed by atoms with Crippen molar-refractivity contribution in [2.75, 3.05) is 43.4 Å². The van der Waals surface area contributed by atoms with E-state index in [4.69, 9.17) is 10.2 Å². The van der Waals surface area contributed by atoms with Gasteiger partial charge in [0.15, 0.2) is 0 Å². The summed E-state index contributed by atoms with van der Waals surface area (Å²) in [5.41, 5.74) is 9.77. The average molecular weight is 2010 g/mol. The molecule has 5 fully saturated rings. The van der Waals surface area contributed by atoms with Crippen molar-refractivity contribution in [2.45, 2.75) is 222 Å². The van der Waals surface area contributed by atoms with Crippen LogP contribution in [0.5, 0.6) is 0 Å². The van der Waals surface area contributed by atoms with E-state index < -0.39 is 107 Å². The fourth-order valence-electron chi connectivity index (χ4n) is 16.5. The van der Waals surface area contributed by atoms with Gasteiger partial charge >= 0.3 is 0 Å². The molecule has 0 saturated heterocycles. The van der Waals surface area contributed by atoms with Gasteiger partial charge in [0.25, 0.3) is 27.8 Å². The highest BCUT2D eigenvalue weighted by Gasteiger charge is 2.57. The first kappa shape index (κ1) is 107. The highest BCUT2D eigenvalue weighted by molar-refractivity contribution is 7.95. The van der Waals surface area contributed by atoms with Crippen LogP contribution in [0.2, 0.25) is 0 Å². The highest BCUT2D eigenvalue weighted by Crippen LogP contribution is 2.51. The van der Waals surface area contributed by atoms with Crippen molar-refractivity contribution >= 4 is 78.6 Å². The maximum Gasteiger partial charge on any atom is 0.253 e. The lowest BCUT2D eigenvalue weighted by Crippen LogP contribution is -2.35. The van der Waals surface area contributed by atoms with Crippen molar-refractivity contribution in [1.29, 1.82) is 0 Å². The summed E-state index contributed by atoms with van der Waals surface area (Å²) < 4.78 is 216. The molecule has 2 atom stereocenters. The standard InChI is InChI=1S/2C21H27FN2O5S.C20H25FN2O4S.2C18H21FN2O3S/c2*1-13-4-5-15(17(22)8-13)10-19-18(9-14(2)20(27)24(19)3)23-30(28,29)21(6-7-21)11-16(26)12-25;1-13-4-5-15(16(21)10-13)12-18-17(11-14(2)19(25)23(18)3)22-28(26,27)20(6-7-20)8-9-24;2*1-11-4-5-13(15(19)8-11)10-17-16(9-12(2)18(22)21(17)3)20-25(23,24)14-6-7-14/h2*4-5,8-9,16,23,25-26H,6-7,10-12H2,1-3H3;4-5,10-11,22,24H,6-9,12H2,1-3H3;2*4-5,8-9,14,20H,6-7,10H2,1-3H3/t2*16-;;;/m10.../s1. The largest absolute Gasteiger partial charge is 0.396 e. The Morgan fingerprint density at radius 3 is 0.688 bits per heavy atom. The van der Waals surface area contributed by atoms with E-state index in [-0.39, 0.29) is 125 Å². The van der Waals surface area contributed by atoms with Gasteiger partial charge in [0.1, 0.15) is 29.1 Å². The van der Waals surface area contributed by atoms with Gasteiger partial charge in [-0.3, -0.25) is 47.6 Å². The predicted octanol–water partition coefficient (Wildman–Crippen LogP) is 11.2. The number of aromatic nitrogens is 5. The van der Waals surface area contributed by atoms with Crippen molar-refractivity contribution < 1.29 is 89.6 Å². The van der Waals surface area contributed by atoms with Crippen LogP contribution in [0.1, 0.15) is 195 Å². The third kappa shape index (κ3) is 25.1. The van der Waals surface area contributed by atoms with Gasteiger partial charge in [0.05, 0.1) is 78.6 Å². The summed E-state index contributed by atoms with van der Waals surface area (Å²) >= 11 is 0. The number of nitrogens with zero attached hydrogens (tertiary/aromatic N) is 5. The monoisotopic (exact) mass is 2010 g/mol. The van der Waals surface area contributed by atoms with Crippen LogP contribution in [-0.4, -0.2) is 147 Å². The zero-order chi connectivity index (χ0) is 102. The highest BCUT2D eigenvalue weighted by atomic mass is 32.2. The zero-order valence-corrected chi connectivity index (χ0v) is 83.8. The summed E-state index contributed by atoms with van der Waals surface area (Å²) in [6.45, 7) is 15.7. The molecule has 5 heterocycles. The van der Waals surface area contributed by atoms with Crippen molar-refractivity contribution in [3.05, 3.63) is 314 Å². The number of rotatable bonds is 33. The van der Waals surface area contributed by atoms with Crippen LogP contribution in [0.25, 0.3) is 0 Å². The topological polar surface area (TPSA) is 442 Å². The Bertz CT molecular complexity index is 6950. The molecule has 10 N–H and O–H groups in total. The fourth-order valence-corrected chi connectivity index (χ4v) is 24.4. The lowest BCUT2D eigenvalue weighted by molar-refractivity contribution is 0.0858. The molecule has 748 valence electrons. The Balaban J connectivity index is 0.000000166. The van der Waals surface area contributed by atoms with E-state index in [2.05, 4.69) is 23.6 Å². The van der Waals surface area contributed by atoms with Crippen LogP contribution in [0.4, 0.5) is 50.4 Å². The number of halogens is 5. The Morgan fingerprint density at radius 1 is 0.319 bits per heavy atom. The number of sulfonamides is 5. The molecule has 5 aliphatic carbocycles. The molecule has 10 aromatic rings. The Morgan fingerprint density at radius 2 is 0.514 bits per heavy atom. The molecule has 5 aromatic heterocycles. The van der Waals surface area contributed by atoms with E-state index in [1.807, 2.05) is 0 Å². The molecule has 5 saturated carbocycles. The first-order valence-electron chi connectivity index (χ1n) is 45.0. The summed E-state index contributed by atoms with van der Waals surface area (Å²) in [7, 11) is -10.8. The maximum absolute atomic E-state index is 14.4. The third-order valence-corrected chi connectivity index (χ3v) is 36.3. The molecule has 40 heteroatoms. The molecular weight excluding hydrogens is 1890 g/mol.